The molecule has 1 atom stereocenters. The van der Waals surface area contributed by atoms with Gasteiger partial charge < -0.3 is 45.1 Å². The van der Waals surface area contributed by atoms with Gasteiger partial charge in [0.1, 0.15) is 48.1 Å². The van der Waals surface area contributed by atoms with Crippen LogP contribution in [0.4, 0.5) is 34.3 Å². The Morgan fingerprint density at radius 2 is 0.694 bits per heavy atom. The number of pyridine rings is 1. The van der Waals surface area contributed by atoms with Crippen LogP contribution >= 0.6 is 11.6 Å². The van der Waals surface area contributed by atoms with Crippen molar-refractivity contribution in [2.45, 2.75) is 33.3 Å². The number of fused-ring (bicyclic) bond motifs is 15. The lowest BCUT2D eigenvalue weighted by Crippen LogP contribution is -2.45. The Morgan fingerprint density at radius 1 is 0.368 bits per heavy atom. The highest BCUT2D eigenvalue weighted by atomic mass is 35.5. The van der Waals surface area contributed by atoms with E-state index in [-0.39, 0.29) is 66.6 Å². The Morgan fingerprint density at radius 3 is 1.05 bits per heavy atom. The monoisotopic (exact) mass is 1940 g/mol. The third-order valence-corrected chi connectivity index (χ3v) is 25.8. The van der Waals surface area contributed by atoms with Gasteiger partial charge >= 0.3 is 0 Å². The molecule has 0 saturated carbocycles. The molecular formula is C118H106ClN11O14. The lowest BCUT2D eigenvalue weighted by molar-refractivity contribution is -0.385. The van der Waals surface area contributed by atoms with Crippen LogP contribution in [0.15, 0.2) is 328 Å². The number of nitro benzene ring substituents is 5. The number of likely N-dealkylation sites (N-methyl/N-ethyl adjacent to an activating group) is 2. The smallest absolute Gasteiger partial charge is 0.270 e. The number of non-ortho nitro benzene ring substituents is 5. The number of piperazine rings is 1. The largest absolute Gasteiger partial charge is 0.493 e. The summed E-state index contributed by atoms with van der Waals surface area (Å²) >= 11 is 5.94. The van der Waals surface area contributed by atoms with Crippen molar-refractivity contribution in [1.29, 1.82) is 0 Å². The van der Waals surface area contributed by atoms with E-state index in [0.717, 1.165) is 236 Å². The molecule has 14 aromatic carbocycles. The molecule has 724 valence electrons. The minimum atomic E-state index is -0.371. The van der Waals surface area contributed by atoms with Crippen LogP contribution in [-0.2, 0) is 0 Å². The number of unbranched alkanes of at least 4 members (excludes halogenated alkanes) is 1. The summed E-state index contributed by atoms with van der Waals surface area (Å²) in [6.45, 7) is 9.32. The number of hydrogen-bond acceptors (Lipinski definition) is 20. The van der Waals surface area contributed by atoms with Crippen molar-refractivity contribution in [3.8, 4) is 78.6 Å². The Kier molecular flexibility index (Phi) is 32.0. The highest BCUT2D eigenvalue weighted by Gasteiger charge is 2.33. The molecule has 25 nitrogen and oxygen atoms in total. The second kappa shape index (κ2) is 46.0. The van der Waals surface area contributed by atoms with E-state index in [1.54, 1.807) is 60.7 Å². The van der Waals surface area contributed by atoms with Gasteiger partial charge in [0.2, 0.25) is 0 Å². The van der Waals surface area contributed by atoms with Crippen LogP contribution in [0.1, 0.15) is 111 Å². The number of hydrogen-bond donors (Lipinski definition) is 2. The molecule has 15 aromatic rings. The van der Waals surface area contributed by atoms with Crippen molar-refractivity contribution in [3.63, 3.8) is 0 Å². The zero-order valence-electron chi connectivity index (χ0n) is 79.1. The third kappa shape index (κ3) is 22.3. The summed E-state index contributed by atoms with van der Waals surface area (Å²) in [5.41, 5.74) is 41.6. The maximum Gasteiger partial charge on any atom is 0.270 e. The molecule has 1 saturated heterocycles. The predicted octanol–water partition coefficient (Wildman–Crippen LogP) is 26.0. The van der Waals surface area contributed by atoms with Crippen LogP contribution in [0.5, 0.6) is 23.0 Å². The van der Waals surface area contributed by atoms with Gasteiger partial charge in [0.25, 0.3) is 28.4 Å². The van der Waals surface area contributed by atoms with Gasteiger partial charge in [0, 0.05) is 135 Å². The van der Waals surface area contributed by atoms with E-state index in [0.29, 0.717) is 44.5 Å². The molecule has 4 N–H and O–H groups in total. The van der Waals surface area contributed by atoms with Crippen LogP contribution < -0.4 is 35.3 Å². The summed E-state index contributed by atoms with van der Waals surface area (Å²) in [4.78, 5) is 66.2. The van der Waals surface area contributed by atoms with E-state index < -0.39 is 0 Å². The summed E-state index contributed by atoms with van der Waals surface area (Å²) in [5.74, 6) is 4.32. The van der Waals surface area contributed by atoms with Gasteiger partial charge in [-0.3, -0.25) is 50.6 Å². The number of nitro groups is 5. The van der Waals surface area contributed by atoms with Crippen molar-refractivity contribution in [1.82, 2.24) is 14.8 Å². The first-order valence-corrected chi connectivity index (χ1v) is 47.6. The van der Waals surface area contributed by atoms with Gasteiger partial charge in [-0.15, -0.1) is 11.6 Å². The molecule has 0 unspecified atom stereocenters. The molecule has 0 amide bonds. The fraction of sp³-hybridized carbons (Fsp3) is 0.161. The van der Waals surface area contributed by atoms with Crippen molar-refractivity contribution in [3.05, 3.63) is 462 Å². The van der Waals surface area contributed by atoms with Crippen molar-refractivity contribution < 1.29 is 43.6 Å². The summed E-state index contributed by atoms with van der Waals surface area (Å²) in [6.07, 6.45) is 14.0. The topological polar surface area (TPSA) is 327 Å². The number of alkyl halides is 1. The Balaban J connectivity index is 0.000000129. The van der Waals surface area contributed by atoms with E-state index in [9.17, 15) is 50.6 Å². The van der Waals surface area contributed by atoms with E-state index in [1.807, 2.05) is 251 Å². The lowest BCUT2D eigenvalue weighted by Gasteiger charge is -2.34. The molecule has 1 fully saturated rings. The quantitative estimate of drug-likeness (QED) is 0.0220. The van der Waals surface area contributed by atoms with Crippen LogP contribution in [-0.4, -0.2) is 138 Å². The molecule has 1 aromatic heterocycles. The van der Waals surface area contributed by atoms with E-state index in [2.05, 4.69) is 94.3 Å². The Bertz CT molecular complexity index is 7550. The van der Waals surface area contributed by atoms with Crippen LogP contribution in [0.3, 0.4) is 0 Å². The van der Waals surface area contributed by atoms with E-state index in [1.165, 1.54) is 0 Å². The fourth-order valence-corrected chi connectivity index (χ4v) is 18.6. The van der Waals surface area contributed by atoms with Crippen molar-refractivity contribution >= 4 is 104 Å². The summed E-state index contributed by atoms with van der Waals surface area (Å²) in [7, 11) is 6.16. The zero-order chi connectivity index (χ0) is 99.7. The highest BCUT2D eigenvalue weighted by molar-refractivity contribution is 6.18. The first-order valence-electron chi connectivity index (χ1n) is 47.1. The number of para-hydroxylation sites is 3. The predicted molar refractivity (Wildman–Crippen MR) is 577 cm³/mol. The van der Waals surface area contributed by atoms with Crippen molar-refractivity contribution in [2.75, 3.05) is 97.6 Å². The molecule has 5 aliphatic carbocycles. The number of halogens is 1. The SMILES string of the molecule is C.CCCCOc1ccccc1C=C1c2ccccc2-c2ccc([N+](=O)[O-])cc21.CN(C)CCOc1ccccc1C=C1c2ccccc2-c2ccc([N+](=O)[O-])cc21.CN1CCN(c2ncccc2C=C2c3ccccc3-c3ccc([N+](=O)[O-])cc32)CC1.NCCOc1cccc(C=C2c3ccccc3-c3ccc([N+](=O)[O-])cc32)c1.NC[C@@H](CCl)Oc1ccccc1C=C1c2ccccc2-c2ccc([N+](=O)[O-])cc21. The number of anilines is 1. The molecule has 144 heavy (non-hydrogen) atoms. The van der Waals surface area contributed by atoms with Gasteiger partial charge in [0.05, 0.1) is 37.1 Å². The summed E-state index contributed by atoms with van der Waals surface area (Å²) in [6, 6.07) is 101. The van der Waals surface area contributed by atoms with Crippen LogP contribution in [0.2, 0.25) is 0 Å². The molecule has 1 aliphatic heterocycles. The number of aromatic nitrogens is 1. The molecule has 6 aliphatic rings. The number of benzene rings is 14. The third-order valence-electron chi connectivity index (χ3n) is 25.5. The maximum absolute atomic E-state index is 11.4. The number of rotatable bonds is 26. The summed E-state index contributed by atoms with van der Waals surface area (Å²) < 4.78 is 23.6. The maximum atomic E-state index is 11.4. The minimum Gasteiger partial charge on any atom is -0.493 e. The summed E-state index contributed by atoms with van der Waals surface area (Å²) in [5, 5.41) is 56.6. The average molecular weight is 1940 g/mol. The molecule has 0 radical (unpaired) electrons. The van der Waals surface area contributed by atoms with Gasteiger partial charge in [0.15, 0.2) is 0 Å². The molecule has 21 rings (SSSR count). The molecule has 0 bridgehead atoms. The van der Waals surface area contributed by atoms with E-state index >= 15 is 0 Å². The molecule has 2 heterocycles. The van der Waals surface area contributed by atoms with Crippen molar-refractivity contribution in [2.24, 2.45) is 11.5 Å². The van der Waals surface area contributed by atoms with Gasteiger partial charge in [-0.05, 0) is 275 Å². The Hall–Kier alpha value is -16.9. The molecular weight excluding hydrogens is 1830 g/mol. The van der Waals surface area contributed by atoms with Gasteiger partial charge in [-0.1, -0.05) is 209 Å². The number of ether oxygens (including phenoxy) is 4. The van der Waals surface area contributed by atoms with Crippen LogP contribution in [0, 0.1) is 50.6 Å². The second-order valence-corrected chi connectivity index (χ2v) is 35.3. The first-order chi connectivity index (χ1) is 69.6. The normalized spacial score (nSPS) is 14.2. The number of nitrogens with two attached hydrogens (primary N) is 2. The average Bonchev–Trinajstić information content (AvgIpc) is 1.58. The number of nitrogens with zero attached hydrogens (tertiary/aromatic N) is 9. The molecule has 26 heteroatoms. The highest BCUT2D eigenvalue weighted by Crippen LogP contribution is 2.53. The fourth-order valence-electron chi connectivity index (χ4n) is 18.4. The van der Waals surface area contributed by atoms with E-state index in [4.69, 9.17) is 42.0 Å². The Labute approximate surface area is 840 Å². The minimum absolute atomic E-state index is 0. The first kappa shape index (κ1) is 100. The molecule has 0 spiro atoms. The zero-order valence-corrected chi connectivity index (χ0v) is 79.9. The second-order valence-electron chi connectivity index (χ2n) is 35.0. The van der Waals surface area contributed by atoms with Gasteiger partial charge in [-0.2, -0.15) is 0 Å². The standard InChI is InChI=1S/C24H22N4O2.C24H22N2O3.C24H21NO3.C23H19ClN2O3.C22H18N2O3.CH4/c1-26-11-13-27(14-12-26)24-17(5-4-10-25-24)15-22-20-7-3-2-6-19(20)21-9-8-18(28(29)30)16-23(21)22;1-25(2)13-14-29-24-10-6-3-7-17(24)15-22-20-9-5-4-8-19(20)21-12-11-18(26(27)28)16-23(21)22;1-2-3-14-28-24-11-7-4-8-17(24)15-22-20-10-6-5-9-19(20)21-13-12-18(25(26)27)16-23(21)22;24-13-17(14-25)29-23-8-4-1-5-15(23)11-21-19-7-3-2-6-18(19)20-10-9-16(26(27)28)12-22(20)21;23-10-11-27-17-5-3-4-15(12-17)13-21-19-7-2-1-6-18(19)20-9-8-16(24(25)26)14-22(20)21;/h2-10,15-16H,11-14H2,1H3;3-12,15-16H,13-14H2,1-2H3;4-13,15-16H,2-3,14H2,1H3;1-12,17H,13-14,25H2;1-9,12-14H,10-11,23H2;1H4/t;;;17-;;/m...1../s1. The van der Waals surface area contributed by atoms with Gasteiger partial charge in [-0.25, -0.2) is 4.98 Å². The lowest BCUT2D eigenvalue weighted by atomic mass is 10.0. The van der Waals surface area contributed by atoms with Crippen LogP contribution in [0.25, 0.3) is 114 Å².